The van der Waals surface area contributed by atoms with Crippen LogP contribution in [0.1, 0.15) is 5.56 Å². The summed E-state index contributed by atoms with van der Waals surface area (Å²) in [4.78, 5) is 0. The van der Waals surface area contributed by atoms with Gasteiger partial charge in [0.2, 0.25) is 0 Å². The van der Waals surface area contributed by atoms with Crippen LogP contribution >= 0.6 is 34.8 Å². The van der Waals surface area contributed by atoms with Gasteiger partial charge in [-0.2, -0.15) is 5.26 Å². The third-order valence-electron chi connectivity index (χ3n) is 1.38. The van der Waals surface area contributed by atoms with Crippen LogP contribution in [0.5, 0.6) is 0 Å². The summed E-state index contributed by atoms with van der Waals surface area (Å²) in [5.74, 6) is 0. The first-order valence-electron chi connectivity index (χ1n) is 3.36. The van der Waals surface area contributed by atoms with Gasteiger partial charge >= 0.3 is 0 Å². The van der Waals surface area contributed by atoms with Crippen LogP contribution in [0, 0.1) is 11.3 Å². The van der Waals surface area contributed by atoms with Gasteiger partial charge in [-0.1, -0.05) is 34.8 Å². The van der Waals surface area contributed by atoms with E-state index in [0.29, 0.717) is 15.6 Å². The van der Waals surface area contributed by atoms with E-state index in [9.17, 15) is 0 Å². The molecule has 1 aromatic carbocycles. The SMILES string of the molecule is N#C/C=C(\Cl)c1cc(Cl)ccc1Cl. The highest BCUT2D eigenvalue weighted by molar-refractivity contribution is 6.51. The standard InChI is InChI=1S/C9H4Cl3N/c10-6-1-2-8(11)7(5-6)9(12)3-4-13/h1-3,5H/b9-3-. The molecule has 0 N–H and O–H groups in total. The van der Waals surface area contributed by atoms with Gasteiger partial charge in [0, 0.05) is 21.7 Å². The number of benzene rings is 1. The summed E-state index contributed by atoms with van der Waals surface area (Å²) in [6.45, 7) is 0. The first-order chi connectivity index (χ1) is 6.15. The maximum absolute atomic E-state index is 8.37. The van der Waals surface area contributed by atoms with Crippen molar-refractivity contribution in [3.05, 3.63) is 39.9 Å². The van der Waals surface area contributed by atoms with Crippen LogP contribution in [0.15, 0.2) is 24.3 Å². The Hall–Kier alpha value is -0.680. The van der Waals surface area contributed by atoms with Crippen LogP contribution in [0.25, 0.3) is 5.03 Å². The highest BCUT2D eigenvalue weighted by Crippen LogP contribution is 2.29. The molecule has 0 saturated carbocycles. The maximum atomic E-state index is 8.37. The van der Waals surface area contributed by atoms with Crippen LogP contribution in [-0.4, -0.2) is 0 Å². The van der Waals surface area contributed by atoms with Crippen molar-refractivity contribution in [2.24, 2.45) is 0 Å². The van der Waals surface area contributed by atoms with Gasteiger partial charge in [0.1, 0.15) is 0 Å². The molecule has 0 aliphatic carbocycles. The van der Waals surface area contributed by atoms with Crippen molar-refractivity contribution in [3.63, 3.8) is 0 Å². The zero-order chi connectivity index (χ0) is 9.84. The van der Waals surface area contributed by atoms with E-state index in [0.717, 1.165) is 0 Å². The molecule has 0 saturated heterocycles. The Bertz CT molecular complexity index is 390. The Balaban J connectivity index is 3.22. The molecule has 1 rings (SSSR count). The summed E-state index contributed by atoms with van der Waals surface area (Å²) < 4.78 is 0. The molecule has 0 aromatic heterocycles. The van der Waals surface area contributed by atoms with Gasteiger partial charge in [0.25, 0.3) is 0 Å². The normalized spacial score (nSPS) is 11.1. The van der Waals surface area contributed by atoms with Gasteiger partial charge in [-0.3, -0.25) is 0 Å². The highest BCUT2D eigenvalue weighted by Gasteiger charge is 2.04. The summed E-state index contributed by atoms with van der Waals surface area (Å²) in [7, 11) is 0. The van der Waals surface area contributed by atoms with E-state index in [2.05, 4.69) is 0 Å². The molecule has 1 nitrogen and oxygen atoms in total. The molecule has 0 spiro atoms. The molecule has 0 aliphatic rings. The quantitative estimate of drug-likeness (QED) is 0.669. The van der Waals surface area contributed by atoms with E-state index in [-0.39, 0.29) is 5.03 Å². The van der Waals surface area contributed by atoms with Crippen molar-refractivity contribution in [2.75, 3.05) is 0 Å². The number of rotatable bonds is 1. The van der Waals surface area contributed by atoms with Crippen molar-refractivity contribution in [2.45, 2.75) is 0 Å². The van der Waals surface area contributed by atoms with Gasteiger partial charge < -0.3 is 0 Å². The summed E-state index contributed by atoms with van der Waals surface area (Å²) in [5.41, 5.74) is 0.567. The Morgan fingerprint density at radius 1 is 1.38 bits per heavy atom. The minimum atomic E-state index is 0.287. The van der Waals surface area contributed by atoms with Gasteiger partial charge in [-0.15, -0.1) is 0 Å². The predicted octanol–water partition coefficient (Wildman–Crippen LogP) is 4.10. The first kappa shape index (κ1) is 10.4. The topological polar surface area (TPSA) is 23.8 Å². The second-order valence-electron chi connectivity index (χ2n) is 2.25. The Morgan fingerprint density at radius 3 is 2.69 bits per heavy atom. The van der Waals surface area contributed by atoms with Crippen LogP contribution in [0.3, 0.4) is 0 Å². The summed E-state index contributed by atoms with van der Waals surface area (Å²) in [5, 5.41) is 9.66. The van der Waals surface area contributed by atoms with Crippen LogP contribution < -0.4 is 0 Å². The molecule has 0 unspecified atom stereocenters. The fourth-order valence-electron chi connectivity index (χ4n) is 0.815. The molecule has 66 valence electrons. The van der Waals surface area contributed by atoms with Gasteiger partial charge in [-0.25, -0.2) is 0 Å². The van der Waals surface area contributed by atoms with E-state index in [1.165, 1.54) is 6.08 Å². The van der Waals surface area contributed by atoms with Crippen molar-refractivity contribution < 1.29 is 0 Å². The average molecular weight is 232 g/mol. The second kappa shape index (κ2) is 4.53. The van der Waals surface area contributed by atoms with Crippen molar-refractivity contribution in [1.29, 1.82) is 5.26 Å². The molecule has 0 heterocycles. The Morgan fingerprint density at radius 2 is 2.08 bits per heavy atom. The largest absolute Gasteiger partial charge is 0.193 e. The zero-order valence-electron chi connectivity index (χ0n) is 6.39. The summed E-state index contributed by atoms with van der Waals surface area (Å²) >= 11 is 17.3. The van der Waals surface area contributed by atoms with Crippen LogP contribution in [0.4, 0.5) is 0 Å². The van der Waals surface area contributed by atoms with Crippen molar-refractivity contribution in [3.8, 4) is 6.07 Å². The minimum absolute atomic E-state index is 0.287. The minimum Gasteiger partial charge on any atom is -0.193 e. The molecular weight excluding hydrogens is 228 g/mol. The molecule has 0 aliphatic heterocycles. The Kier molecular flexibility index (Phi) is 3.62. The molecule has 1 aromatic rings. The predicted molar refractivity (Wildman–Crippen MR) is 55.9 cm³/mol. The summed E-state index contributed by atoms with van der Waals surface area (Å²) in [6, 6.07) is 6.72. The third kappa shape index (κ3) is 2.63. The van der Waals surface area contributed by atoms with E-state index in [1.807, 2.05) is 6.07 Å². The van der Waals surface area contributed by atoms with Crippen molar-refractivity contribution >= 4 is 39.8 Å². The van der Waals surface area contributed by atoms with E-state index in [4.69, 9.17) is 40.1 Å². The second-order valence-corrected chi connectivity index (χ2v) is 3.50. The van der Waals surface area contributed by atoms with E-state index < -0.39 is 0 Å². The van der Waals surface area contributed by atoms with Gasteiger partial charge in [0.05, 0.1) is 11.1 Å². The third-order valence-corrected chi connectivity index (χ3v) is 2.25. The highest BCUT2D eigenvalue weighted by atomic mass is 35.5. The molecule has 0 amide bonds. The number of hydrogen-bond acceptors (Lipinski definition) is 1. The molecule has 0 atom stereocenters. The number of allylic oxidation sites excluding steroid dienone is 1. The first-order valence-corrected chi connectivity index (χ1v) is 4.49. The summed E-state index contributed by atoms with van der Waals surface area (Å²) in [6.07, 6.45) is 1.21. The van der Waals surface area contributed by atoms with Gasteiger partial charge in [-0.05, 0) is 18.2 Å². The molecule has 0 fully saturated rings. The number of nitrogens with zero attached hydrogens (tertiary/aromatic N) is 1. The van der Waals surface area contributed by atoms with E-state index >= 15 is 0 Å². The van der Waals surface area contributed by atoms with E-state index in [1.54, 1.807) is 18.2 Å². The molecular formula is C9H4Cl3N. The lowest BCUT2D eigenvalue weighted by molar-refractivity contribution is 1.53. The fraction of sp³-hybridized carbons (Fsp3) is 0. The lowest BCUT2D eigenvalue weighted by atomic mass is 10.2. The van der Waals surface area contributed by atoms with Gasteiger partial charge in [0.15, 0.2) is 0 Å². The molecule has 13 heavy (non-hydrogen) atoms. The number of halogens is 3. The maximum Gasteiger partial charge on any atom is 0.0927 e. The van der Waals surface area contributed by atoms with Crippen LogP contribution in [-0.2, 0) is 0 Å². The van der Waals surface area contributed by atoms with Crippen molar-refractivity contribution in [1.82, 2.24) is 0 Å². The monoisotopic (exact) mass is 231 g/mol. The Labute approximate surface area is 91.1 Å². The molecule has 0 bridgehead atoms. The molecule has 4 heteroatoms. The van der Waals surface area contributed by atoms with Crippen LogP contribution in [0.2, 0.25) is 10.0 Å². The molecule has 0 radical (unpaired) electrons. The lowest BCUT2D eigenvalue weighted by Crippen LogP contribution is -1.79. The average Bonchev–Trinajstić information content (AvgIpc) is 2.09. The smallest absolute Gasteiger partial charge is 0.0927 e. The lowest BCUT2D eigenvalue weighted by Gasteiger charge is -2.01. The number of hydrogen-bond donors (Lipinski definition) is 0. The fourth-order valence-corrected chi connectivity index (χ4v) is 1.46. The number of nitriles is 1. The zero-order valence-corrected chi connectivity index (χ0v) is 8.66.